The van der Waals surface area contributed by atoms with E-state index in [1.54, 1.807) is 12.1 Å². The third-order valence-corrected chi connectivity index (χ3v) is 2.49. The van der Waals surface area contributed by atoms with Crippen LogP contribution in [0.2, 0.25) is 0 Å². The van der Waals surface area contributed by atoms with E-state index in [4.69, 9.17) is 19.7 Å². The van der Waals surface area contributed by atoms with Gasteiger partial charge < -0.3 is 19.7 Å². The molecule has 0 aliphatic rings. The molecule has 0 aliphatic carbocycles. The standard InChI is InChI=1S/C12H13FN2O3/c1-16-6-7-3-4-8(12(17-2)11(7)13)9-5-10(14)18-15-9/h3-5H,6,14H2,1-2H3. The second kappa shape index (κ2) is 5.05. The van der Waals surface area contributed by atoms with Crippen LogP contribution in [-0.4, -0.2) is 19.4 Å². The summed E-state index contributed by atoms with van der Waals surface area (Å²) in [6.07, 6.45) is 0. The third kappa shape index (κ3) is 2.14. The minimum atomic E-state index is -0.474. The number of nitrogens with zero attached hydrogens (tertiary/aromatic N) is 1. The first kappa shape index (κ1) is 12.4. The van der Waals surface area contributed by atoms with Gasteiger partial charge in [-0.05, 0) is 6.07 Å². The lowest BCUT2D eigenvalue weighted by Gasteiger charge is -2.10. The summed E-state index contributed by atoms with van der Waals surface area (Å²) in [6, 6.07) is 4.81. The van der Waals surface area contributed by atoms with Crippen molar-refractivity contribution in [3.8, 4) is 17.0 Å². The quantitative estimate of drug-likeness (QED) is 0.903. The van der Waals surface area contributed by atoms with Crippen LogP contribution < -0.4 is 10.5 Å². The average molecular weight is 252 g/mol. The van der Waals surface area contributed by atoms with Gasteiger partial charge in [0.15, 0.2) is 11.6 Å². The van der Waals surface area contributed by atoms with Crippen molar-refractivity contribution in [2.45, 2.75) is 6.61 Å². The second-order valence-electron chi connectivity index (χ2n) is 3.67. The summed E-state index contributed by atoms with van der Waals surface area (Å²) in [4.78, 5) is 0. The number of halogens is 1. The number of benzene rings is 1. The Morgan fingerprint density at radius 2 is 2.17 bits per heavy atom. The van der Waals surface area contributed by atoms with E-state index in [1.165, 1.54) is 20.3 Å². The highest BCUT2D eigenvalue weighted by Gasteiger charge is 2.17. The Morgan fingerprint density at radius 3 is 2.72 bits per heavy atom. The molecule has 2 aromatic rings. The molecular weight excluding hydrogens is 239 g/mol. The number of anilines is 1. The van der Waals surface area contributed by atoms with E-state index in [0.717, 1.165) is 0 Å². The molecule has 0 amide bonds. The molecule has 0 saturated heterocycles. The molecule has 1 aromatic carbocycles. The Balaban J connectivity index is 2.52. The van der Waals surface area contributed by atoms with Gasteiger partial charge >= 0.3 is 0 Å². The lowest BCUT2D eigenvalue weighted by atomic mass is 10.1. The van der Waals surface area contributed by atoms with Crippen molar-refractivity contribution >= 4 is 5.88 Å². The van der Waals surface area contributed by atoms with E-state index < -0.39 is 5.82 Å². The van der Waals surface area contributed by atoms with Crippen LogP contribution in [0.1, 0.15) is 5.56 Å². The maximum absolute atomic E-state index is 14.1. The number of nitrogens with two attached hydrogens (primary N) is 1. The fraction of sp³-hybridized carbons (Fsp3) is 0.250. The summed E-state index contributed by atoms with van der Waals surface area (Å²) in [5.41, 5.74) is 6.76. The number of rotatable bonds is 4. The molecule has 6 heteroatoms. The predicted molar refractivity (Wildman–Crippen MR) is 63.6 cm³/mol. The van der Waals surface area contributed by atoms with Crippen LogP contribution in [0.25, 0.3) is 11.3 Å². The Hall–Kier alpha value is -2.08. The number of hydrogen-bond acceptors (Lipinski definition) is 5. The molecule has 0 unspecified atom stereocenters. The van der Waals surface area contributed by atoms with E-state index in [1.807, 2.05) is 0 Å². The number of methoxy groups -OCH3 is 2. The Bertz CT molecular complexity index is 554. The van der Waals surface area contributed by atoms with E-state index in [9.17, 15) is 4.39 Å². The van der Waals surface area contributed by atoms with Gasteiger partial charge in [-0.3, -0.25) is 0 Å². The highest BCUT2D eigenvalue weighted by atomic mass is 19.1. The summed E-state index contributed by atoms with van der Waals surface area (Å²) < 4.78 is 28.9. The topological polar surface area (TPSA) is 70.5 Å². The maximum atomic E-state index is 14.1. The first-order valence-electron chi connectivity index (χ1n) is 5.24. The Labute approximate surface area is 103 Å². The number of hydrogen-bond donors (Lipinski definition) is 1. The summed E-state index contributed by atoms with van der Waals surface area (Å²) >= 11 is 0. The molecule has 0 spiro atoms. The van der Waals surface area contributed by atoms with Crippen LogP contribution in [0.15, 0.2) is 22.7 Å². The lowest BCUT2D eigenvalue weighted by Crippen LogP contribution is -1.99. The SMILES string of the molecule is COCc1ccc(-c2cc(N)on2)c(OC)c1F. The van der Waals surface area contributed by atoms with Crippen LogP contribution in [-0.2, 0) is 11.3 Å². The largest absolute Gasteiger partial charge is 0.493 e. The van der Waals surface area contributed by atoms with Crippen molar-refractivity contribution in [1.82, 2.24) is 5.16 Å². The van der Waals surface area contributed by atoms with Crippen molar-refractivity contribution < 1.29 is 18.4 Å². The molecule has 0 fully saturated rings. The van der Waals surface area contributed by atoms with E-state index in [2.05, 4.69) is 5.16 Å². The molecule has 1 heterocycles. The summed E-state index contributed by atoms with van der Waals surface area (Å²) in [5.74, 6) is -0.218. The highest BCUT2D eigenvalue weighted by Crippen LogP contribution is 2.34. The monoisotopic (exact) mass is 252 g/mol. The van der Waals surface area contributed by atoms with Gasteiger partial charge in [-0.1, -0.05) is 11.2 Å². The minimum absolute atomic E-state index is 0.0952. The lowest BCUT2D eigenvalue weighted by molar-refractivity contribution is 0.180. The maximum Gasteiger partial charge on any atom is 0.222 e. The second-order valence-corrected chi connectivity index (χ2v) is 3.67. The van der Waals surface area contributed by atoms with Crippen molar-refractivity contribution in [2.75, 3.05) is 20.0 Å². The zero-order valence-corrected chi connectivity index (χ0v) is 10.1. The van der Waals surface area contributed by atoms with E-state index in [-0.39, 0.29) is 18.2 Å². The van der Waals surface area contributed by atoms with Crippen molar-refractivity contribution in [3.63, 3.8) is 0 Å². The molecule has 0 atom stereocenters. The molecule has 2 rings (SSSR count). The van der Waals surface area contributed by atoms with Crippen LogP contribution >= 0.6 is 0 Å². The summed E-state index contributed by atoms with van der Waals surface area (Å²) in [7, 11) is 2.89. The number of nitrogen functional groups attached to an aromatic ring is 1. The zero-order chi connectivity index (χ0) is 13.1. The van der Waals surface area contributed by atoms with Gasteiger partial charge in [0.2, 0.25) is 5.88 Å². The predicted octanol–water partition coefficient (Wildman–Crippen LogP) is 2.22. The molecule has 2 N–H and O–H groups in total. The molecule has 0 saturated carbocycles. The average Bonchev–Trinajstić information content (AvgIpc) is 2.78. The molecule has 0 aliphatic heterocycles. The van der Waals surface area contributed by atoms with Crippen molar-refractivity contribution in [3.05, 3.63) is 29.6 Å². The fourth-order valence-corrected chi connectivity index (χ4v) is 1.68. The number of aromatic nitrogens is 1. The fourth-order valence-electron chi connectivity index (χ4n) is 1.68. The highest BCUT2D eigenvalue weighted by molar-refractivity contribution is 5.69. The molecule has 0 bridgehead atoms. The normalized spacial score (nSPS) is 10.6. The van der Waals surface area contributed by atoms with Gasteiger partial charge in [0.1, 0.15) is 5.69 Å². The van der Waals surface area contributed by atoms with Crippen LogP contribution in [0, 0.1) is 5.82 Å². The molecule has 0 radical (unpaired) electrons. The minimum Gasteiger partial charge on any atom is -0.493 e. The number of ether oxygens (including phenoxy) is 2. The van der Waals surface area contributed by atoms with Crippen molar-refractivity contribution in [2.24, 2.45) is 0 Å². The third-order valence-electron chi connectivity index (χ3n) is 2.49. The smallest absolute Gasteiger partial charge is 0.222 e. The summed E-state index contributed by atoms with van der Waals surface area (Å²) in [6.45, 7) is 0.170. The Kier molecular flexibility index (Phi) is 3.47. The molecular formula is C12H13FN2O3. The van der Waals surface area contributed by atoms with Crippen LogP contribution in [0.5, 0.6) is 5.75 Å². The molecule has 5 nitrogen and oxygen atoms in total. The van der Waals surface area contributed by atoms with Crippen LogP contribution in [0.3, 0.4) is 0 Å². The first-order chi connectivity index (χ1) is 8.67. The van der Waals surface area contributed by atoms with E-state index >= 15 is 0 Å². The van der Waals surface area contributed by atoms with Gasteiger partial charge in [-0.15, -0.1) is 0 Å². The summed E-state index contributed by atoms with van der Waals surface area (Å²) in [5, 5.41) is 3.73. The van der Waals surface area contributed by atoms with Gasteiger partial charge in [-0.2, -0.15) is 0 Å². The van der Waals surface area contributed by atoms with Gasteiger partial charge in [-0.25, -0.2) is 4.39 Å². The Morgan fingerprint density at radius 1 is 1.39 bits per heavy atom. The van der Waals surface area contributed by atoms with Gasteiger partial charge in [0, 0.05) is 24.3 Å². The van der Waals surface area contributed by atoms with Crippen LogP contribution in [0.4, 0.5) is 10.3 Å². The first-order valence-corrected chi connectivity index (χ1v) is 5.24. The molecule has 18 heavy (non-hydrogen) atoms. The zero-order valence-electron chi connectivity index (χ0n) is 10.1. The van der Waals surface area contributed by atoms with Gasteiger partial charge in [0.05, 0.1) is 13.7 Å². The van der Waals surface area contributed by atoms with Gasteiger partial charge in [0.25, 0.3) is 0 Å². The van der Waals surface area contributed by atoms with E-state index in [0.29, 0.717) is 16.8 Å². The molecule has 1 aromatic heterocycles. The molecule has 96 valence electrons. The van der Waals surface area contributed by atoms with Crippen molar-refractivity contribution in [1.29, 1.82) is 0 Å².